The molecule has 1 N–H and O–H groups in total. The van der Waals surface area contributed by atoms with Gasteiger partial charge in [-0.1, -0.05) is 11.6 Å². The maximum Gasteiger partial charge on any atom is 0.116 e. The summed E-state index contributed by atoms with van der Waals surface area (Å²) < 4.78 is 0. The number of halogens is 1. The summed E-state index contributed by atoms with van der Waals surface area (Å²) in [6.45, 7) is 0.545. The van der Waals surface area contributed by atoms with Gasteiger partial charge in [0.2, 0.25) is 0 Å². The predicted octanol–water partition coefficient (Wildman–Crippen LogP) is 2.04. The number of hydrogen-bond donors (Lipinski definition) is 1. The highest BCUT2D eigenvalue weighted by Crippen LogP contribution is 2.22. The third kappa shape index (κ3) is 2.88. The lowest BCUT2D eigenvalue weighted by atomic mass is 10.2. The van der Waals surface area contributed by atoms with Crippen LogP contribution in [0, 0.1) is 0 Å². The zero-order chi connectivity index (χ0) is 9.84. The van der Waals surface area contributed by atoms with Crippen molar-refractivity contribution in [2.45, 2.75) is 6.54 Å². The summed E-state index contributed by atoms with van der Waals surface area (Å²) in [7, 11) is 3.37. The first-order valence-electron chi connectivity index (χ1n) is 3.86. The SMILES string of the molecule is CON(C)Cc1cc(O)ccc1Cl. The van der Waals surface area contributed by atoms with Crippen LogP contribution in [0.25, 0.3) is 0 Å². The molecule has 0 bridgehead atoms. The smallest absolute Gasteiger partial charge is 0.116 e. The topological polar surface area (TPSA) is 32.7 Å². The van der Waals surface area contributed by atoms with Crippen LogP contribution in [-0.2, 0) is 11.4 Å². The molecule has 0 atom stereocenters. The predicted molar refractivity (Wildman–Crippen MR) is 51.6 cm³/mol. The first kappa shape index (κ1) is 10.3. The fourth-order valence-electron chi connectivity index (χ4n) is 0.987. The van der Waals surface area contributed by atoms with Crippen molar-refractivity contribution in [3.8, 4) is 5.75 Å². The maximum atomic E-state index is 9.21. The number of nitrogens with zero attached hydrogens (tertiary/aromatic N) is 1. The van der Waals surface area contributed by atoms with Gasteiger partial charge in [0.1, 0.15) is 5.75 Å². The monoisotopic (exact) mass is 201 g/mol. The van der Waals surface area contributed by atoms with E-state index in [0.717, 1.165) is 5.56 Å². The van der Waals surface area contributed by atoms with E-state index in [1.807, 2.05) is 0 Å². The zero-order valence-electron chi connectivity index (χ0n) is 7.62. The standard InChI is InChI=1S/C9H12ClNO2/c1-11(13-2)6-7-5-8(12)3-4-9(7)10/h3-5,12H,6H2,1-2H3. The summed E-state index contributed by atoms with van der Waals surface area (Å²) in [6, 6.07) is 4.84. The Balaban J connectivity index is 2.81. The van der Waals surface area contributed by atoms with Crippen molar-refractivity contribution in [3.05, 3.63) is 28.8 Å². The van der Waals surface area contributed by atoms with Crippen molar-refractivity contribution < 1.29 is 9.94 Å². The average molecular weight is 202 g/mol. The molecule has 0 radical (unpaired) electrons. The van der Waals surface area contributed by atoms with Crippen LogP contribution >= 0.6 is 11.6 Å². The van der Waals surface area contributed by atoms with Crippen molar-refractivity contribution >= 4 is 11.6 Å². The van der Waals surface area contributed by atoms with Gasteiger partial charge in [-0.05, 0) is 23.8 Å². The van der Waals surface area contributed by atoms with Crippen molar-refractivity contribution in [3.63, 3.8) is 0 Å². The minimum atomic E-state index is 0.212. The number of hydrogen-bond acceptors (Lipinski definition) is 3. The first-order chi connectivity index (χ1) is 6.13. The van der Waals surface area contributed by atoms with Gasteiger partial charge in [-0.15, -0.1) is 0 Å². The molecule has 0 amide bonds. The van der Waals surface area contributed by atoms with Gasteiger partial charge in [0.05, 0.1) is 13.7 Å². The Morgan fingerprint density at radius 2 is 2.23 bits per heavy atom. The lowest BCUT2D eigenvalue weighted by Gasteiger charge is -2.14. The lowest BCUT2D eigenvalue weighted by molar-refractivity contribution is -0.116. The van der Waals surface area contributed by atoms with Crippen LogP contribution in [0.3, 0.4) is 0 Å². The highest BCUT2D eigenvalue weighted by atomic mass is 35.5. The molecule has 1 rings (SSSR count). The fourth-order valence-corrected chi connectivity index (χ4v) is 1.16. The quantitative estimate of drug-likeness (QED) is 0.760. The van der Waals surface area contributed by atoms with Gasteiger partial charge >= 0.3 is 0 Å². The molecule has 0 saturated heterocycles. The second-order valence-corrected chi connectivity index (χ2v) is 3.15. The summed E-state index contributed by atoms with van der Waals surface area (Å²) >= 11 is 5.90. The molecule has 0 aliphatic rings. The van der Waals surface area contributed by atoms with E-state index in [4.69, 9.17) is 16.4 Å². The number of phenols is 1. The largest absolute Gasteiger partial charge is 0.508 e. The molecule has 1 aromatic rings. The molecule has 13 heavy (non-hydrogen) atoms. The molecule has 0 saturated carbocycles. The van der Waals surface area contributed by atoms with Gasteiger partial charge in [0, 0.05) is 12.1 Å². The van der Waals surface area contributed by atoms with Crippen LogP contribution in [0.15, 0.2) is 18.2 Å². The number of rotatable bonds is 3. The molecular formula is C9H12ClNO2. The van der Waals surface area contributed by atoms with Crippen LogP contribution in [0.5, 0.6) is 5.75 Å². The summed E-state index contributed by atoms with van der Waals surface area (Å²) in [5, 5.41) is 11.5. The maximum absolute atomic E-state index is 9.21. The van der Waals surface area contributed by atoms with E-state index in [9.17, 15) is 5.11 Å². The number of aromatic hydroxyl groups is 1. The summed E-state index contributed by atoms with van der Waals surface area (Å²) in [5.74, 6) is 0.212. The number of benzene rings is 1. The van der Waals surface area contributed by atoms with Crippen LogP contribution in [0.2, 0.25) is 5.02 Å². The normalized spacial score (nSPS) is 10.8. The van der Waals surface area contributed by atoms with Gasteiger partial charge in [-0.2, -0.15) is 5.06 Å². The van der Waals surface area contributed by atoms with Gasteiger partial charge in [-0.3, -0.25) is 0 Å². The minimum absolute atomic E-state index is 0.212. The second-order valence-electron chi connectivity index (χ2n) is 2.74. The van der Waals surface area contributed by atoms with Gasteiger partial charge in [0.25, 0.3) is 0 Å². The van der Waals surface area contributed by atoms with E-state index >= 15 is 0 Å². The third-order valence-electron chi connectivity index (χ3n) is 1.73. The summed E-state index contributed by atoms with van der Waals surface area (Å²) in [4.78, 5) is 4.94. The van der Waals surface area contributed by atoms with Crippen molar-refractivity contribution in [1.29, 1.82) is 0 Å². The first-order valence-corrected chi connectivity index (χ1v) is 4.24. The lowest BCUT2D eigenvalue weighted by Crippen LogP contribution is -2.15. The van der Waals surface area contributed by atoms with Crippen LogP contribution in [0.4, 0.5) is 0 Å². The molecule has 0 fully saturated rings. The molecule has 1 aromatic carbocycles. The Hall–Kier alpha value is -0.770. The van der Waals surface area contributed by atoms with E-state index in [-0.39, 0.29) is 5.75 Å². The molecule has 3 nitrogen and oxygen atoms in total. The highest BCUT2D eigenvalue weighted by Gasteiger charge is 2.04. The van der Waals surface area contributed by atoms with E-state index in [1.165, 1.54) is 0 Å². The molecule has 0 unspecified atom stereocenters. The molecule has 0 aliphatic carbocycles. The Labute approximate surface area is 82.5 Å². The van der Waals surface area contributed by atoms with Crippen LogP contribution < -0.4 is 0 Å². The Bertz CT molecular complexity index is 291. The summed E-state index contributed by atoms with van der Waals surface area (Å²) in [6.07, 6.45) is 0. The molecule has 0 heterocycles. The van der Waals surface area contributed by atoms with E-state index in [0.29, 0.717) is 11.6 Å². The van der Waals surface area contributed by atoms with Crippen molar-refractivity contribution in [2.24, 2.45) is 0 Å². The summed E-state index contributed by atoms with van der Waals surface area (Å²) in [5.41, 5.74) is 0.839. The second kappa shape index (κ2) is 4.46. The molecule has 72 valence electrons. The van der Waals surface area contributed by atoms with Crippen molar-refractivity contribution in [1.82, 2.24) is 5.06 Å². The number of phenolic OH excluding ortho intramolecular Hbond substituents is 1. The van der Waals surface area contributed by atoms with Gasteiger partial charge < -0.3 is 9.94 Å². The van der Waals surface area contributed by atoms with Crippen LogP contribution in [0.1, 0.15) is 5.56 Å². The average Bonchev–Trinajstić information content (AvgIpc) is 2.11. The fraction of sp³-hybridized carbons (Fsp3) is 0.333. The van der Waals surface area contributed by atoms with E-state index < -0.39 is 0 Å². The molecule has 0 spiro atoms. The molecule has 0 aliphatic heterocycles. The van der Waals surface area contributed by atoms with Gasteiger partial charge in [-0.25, -0.2) is 0 Å². The molecule has 4 heteroatoms. The Morgan fingerprint density at radius 3 is 2.85 bits per heavy atom. The van der Waals surface area contributed by atoms with E-state index in [2.05, 4.69) is 0 Å². The minimum Gasteiger partial charge on any atom is -0.508 e. The van der Waals surface area contributed by atoms with Crippen molar-refractivity contribution in [2.75, 3.05) is 14.2 Å². The molecular weight excluding hydrogens is 190 g/mol. The zero-order valence-corrected chi connectivity index (χ0v) is 8.38. The van der Waals surface area contributed by atoms with Crippen LogP contribution in [-0.4, -0.2) is 24.3 Å². The highest BCUT2D eigenvalue weighted by molar-refractivity contribution is 6.31. The molecule has 0 aromatic heterocycles. The number of hydroxylamine groups is 2. The Kier molecular flexibility index (Phi) is 3.54. The third-order valence-corrected chi connectivity index (χ3v) is 2.10. The van der Waals surface area contributed by atoms with E-state index in [1.54, 1.807) is 37.4 Å². The Morgan fingerprint density at radius 1 is 1.54 bits per heavy atom. The van der Waals surface area contributed by atoms with Gasteiger partial charge in [0.15, 0.2) is 0 Å².